The van der Waals surface area contributed by atoms with Crippen LogP contribution in [0.15, 0.2) is 18.2 Å². The minimum Gasteiger partial charge on any atom is -0.480 e. The Morgan fingerprint density at radius 1 is 1.13 bits per heavy atom. The number of rotatable bonds is 2. The number of aliphatic hydroxyl groups is 2. The summed E-state index contributed by atoms with van der Waals surface area (Å²) in [6.45, 7) is -0.437. The molecule has 2 atom stereocenters. The molecule has 0 unspecified atom stereocenters. The first kappa shape index (κ1) is 10.5. The molecular formula is C10H11ClO4. The Morgan fingerprint density at radius 3 is 2.47 bits per heavy atom. The Hall–Kier alpha value is -0.970. The average Bonchev–Trinajstić information content (AvgIpc) is 2.28. The van der Waals surface area contributed by atoms with E-state index in [1.807, 2.05) is 0 Å². The summed E-state index contributed by atoms with van der Waals surface area (Å²) >= 11 is 5.91. The Labute approximate surface area is 92.0 Å². The third kappa shape index (κ3) is 1.88. The fourth-order valence-corrected chi connectivity index (χ4v) is 1.68. The van der Waals surface area contributed by atoms with Gasteiger partial charge in [-0.3, -0.25) is 0 Å². The van der Waals surface area contributed by atoms with E-state index in [1.54, 1.807) is 18.2 Å². The number of benzene rings is 1. The molecule has 2 rings (SSSR count). The van der Waals surface area contributed by atoms with Crippen LogP contribution in [0, 0.1) is 0 Å². The molecule has 1 aromatic rings. The van der Waals surface area contributed by atoms with Crippen molar-refractivity contribution in [2.24, 2.45) is 0 Å². The molecule has 1 aliphatic heterocycles. The molecular weight excluding hydrogens is 220 g/mol. The quantitative estimate of drug-likeness (QED) is 0.790. The third-order valence-electron chi connectivity index (χ3n) is 2.25. The molecule has 2 N–H and O–H groups in total. The molecule has 0 aliphatic carbocycles. The van der Waals surface area contributed by atoms with E-state index in [0.29, 0.717) is 16.5 Å². The minimum absolute atomic E-state index is 0.211. The minimum atomic E-state index is -0.581. The highest BCUT2D eigenvalue weighted by Crippen LogP contribution is 2.39. The fraction of sp³-hybridized carbons (Fsp3) is 0.400. The zero-order valence-electron chi connectivity index (χ0n) is 7.89. The van der Waals surface area contributed by atoms with E-state index < -0.39 is 12.2 Å². The molecule has 1 aliphatic rings. The van der Waals surface area contributed by atoms with Gasteiger partial charge < -0.3 is 19.7 Å². The van der Waals surface area contributed by atoms with Crippen molar-refractivity contribution < 1.29 is 19.7 Å². The second-order valence-electron chi connectivity index (χ2n) is 3.24. The van der Waals surface area contributed by atoms with Crippen LogP contribution >= 0.6 is 11.6 Å². The molecule has 1 aromatic carbocycles. The topological polar surface area (TPSA) is 58.9 Å². The van der Waals surface area contributed by atoms with Gasteiger partial charge in [-0.1, -0.05) is 17.7 Å². The number of ether oxygens (including phenoxy) is 2. The van der Waals surface area contributed by atoms with Gasteiger partial charge in [0.05, 0.1) is 18.2 Å². The molecule has 0 radical (unpaired) electrons. The first-order chi connectivity index (χ1) is 7.26. The van der Waals surface area contributed by atoms with Crippen LogP contribution in [-0.2, 0) is 0 Å². The monoisotopic (exact) mass is 230 g/mol. The first-order valence-corrected chi connectivity index (χ1v) is 4.97. The number of halogens is 1. The molecule has 4 nitrogen and oxygen atoms in total. The van der Waals surface area contributed by atoms with Gasteiger partial charge in [0.2, 0.25) is 0 Å². The SMILES string of the molecule is OC[C@@H]1Oc2cccc(Cl)c2O[C@H]1CO. The molecule has 1 heterocycles. The molecule has 0 fully saturated rings. The lowest BCUT2D eigenvalue weighted by Crippen LogP contribution is -2.44. The van der Waals surface area contributed by atoms with Crippen LogP contribution in [0.2, 0.25) is 5.02 Å². The maximum Gasteiger partial charge on any atom is 0.180 e. The molecule has 0 spiro atoms. The molecule has 0 bridgehead atoms. The van der Waals surface area contributed by atoms with Gasteiger partial charge in [-0.05, 0) is 12.1 Å². The van der Waals surface area contributed by atoms with Crippen molar-refractivity contribution in [3.63, 3.8) is 0 Å². The second kappa shape index (κ2) is 4.26. The Kier molecular flexibility index (Phi) is 3.00. The van der Waals surface area contributed by atoms with Crippen LogP contribution < -0.4 is 9.47 Å². The van der Waals surface area contributed by atoms with E-state index in [1.165, 1.54) is 0 Å². The molecule has 0 aromatic heterocycles. The summed E-state index contributed by atoms with van der Waals surface area (Å²) in [4.78, 5) is 0. The maximum atomic E-state index is 9.05. The van der Waals surface area contributed by atoms with Crippen molar-refractivity contribution in [2.45, 2.75) is 12.2 Å². The van der Waals surface area contributed by atoms with E-state index in [2.05, 4.69) is 0 Å². The molecule has 0 saturated heterocycles. The van der Waals surface area contributed by atoms with E-state index in [0.717, 1.165) is 0 Å². The summed E-state index contributed by atoms with van der Waals surface area (Å²) < 4.78 is 10.9. The van der Waals surface area contributed by atoms with Crippen LogP contribution in [0.5, 0.6) is 11.5 Å². The summed E-state index contributed by atoms with van der Waals surface area (Å²) in [6, 6.07) is 5.12. The van der Waals surface area contributed by atoms with Gasteiger partial charge >= 0.3 is 0 Å². The van der Waals surface area contributed by atoms with E-state index in [-0.39, 0.29) is 13.2 Å². The fourth-order valence-electron chi connectivity index (χ4n) is 1.47. The Bertz CT molecular complexity index is 355. The second-order valence-corrected chi connectivity index (χ2v) is 3.65. The standard InChI is InChI=1S/C10H11ClO4/c11-6-2-1-3-7-10(6)15-9(5-13)8(4-12)14-7/h1-3,8-9,12-13H,4-5H2/t8-,9-/m0/s1. The van der Waals surface area contributed by atoms with E-state index in [9.17, 15) is 0 Å². The van der Waals surface area contributed by atoms with Crippen LogP contribution in [-0.4, -0.2) is 35.6 Å². The number of hydrogen-bond donors (Lipinski definition) is 2. The summed E-state index contributed by atoms with van der Waals surface area (Å²) in [6.07, 6.45) is -1.14. The summed E-state index contributed by atoms with van der Waals surface area (Å²) in [5.74, 6) is 0.911. The van der Waals surface area contributed by atoms with Crippen molar-refractivity contribution in [1.29, 1.82) is 0 Å². The zero-order chi connectivity index (χ0) is 10.8. The average molecular weight is 231 g/mol. The lowest BCUT2D eigenvalue weighted by atomic mass is 10.2. The molecule has 0 amide bonds. The zero-order valence-corrected chi connectivity index (χ0v) is 8.65. The lowest BCUT2D eigenvalue weighted by molar-refractivity contribution is -0.0349. The van der Waals surface area contributed by atoms with Gasteiger partial charge in [0.25, 0.3) is 0 Å². The van der Waals surface area contributed by atoms with E-state index >= 15 is 0 Å². The van der Waals surface area contributed by atoms with Crippen LogP contribution in [0.4, 0.5) is 0 Å². The highest BCUT2D eigenvalue weighted by Gasteiger charge is 2.31. The highest BCUT2D eigenvalue weighted by atomic mass is 35.5. The van der Waals surface area contributed by atoms with Gasteiger partial charge in [-0.25, -0.2) is 0 Å². The van der Waals surface area contributed by atoms with Crippen molar-refractivity contribution in [2.75, 3.05) is 13.2 Å². The summed E-state index contributed by atoms with van der Waals surface area (Å²) in [5.41, 5.74) is 0. The van der Waals surface area contributed by atoms with E-state index in [4.69, 9.17) is 31.3 Å². The molecule has 0 saturated carbocycles. The number of para-hydroxylation sites is 1. The predicted molar refractivity (Wildman–Crippen MR) is 54.5 cm³/mol. The van der Waals surface area contributed by atoms with Gasteiger partial charge in [-0.2, -0.15) is 0 Å². The van der Waals surface area contributed by atoms with Gasteiger partial charge in [-0.15, -0.1) is 0 Å². The number of hydrogen-bond acceptors (Lipinski definition) is 4. The number of aliphatic hydroxyl groups excluding tert-OH is 2. The number of fused-ring (bicyclic) bond motifs is 1. The van der Waals surface area contributed by atoms with Crippen molar-refractivity contribution >= 4 is 11.6 Å². The van der Waals surface area contributed by atoms with Gasteiger partial charge in [0.1, 0.15) is 0 Å². The highest BCUT2D eigenvalue weighted by molar-refractivity contribution is 6.32. The maximum absolute atomic E-state index is 9.05. The van der Waals surface area contributed by atoms with Crippen LogP contribution in [0.3, 0.4) is 0 Å². The van der Waals surface area contributed by atoms with Crippen LogP contribution in [0.1, 0.15) is 0 Å². The molecule has 82 valence electrons. The van der Waals surface area contributed by atoms with Crippen LogP contribution in [0.25, 0.3) is 0 Å². The van der Waals surface area contributed by atoms with Gasteiger partial charge in [0.15, 0.2) is 23.7 Å². The predicted octanol–water partition coefficient (Wildman–Crippen LogP) is 0.833. The molecule has 15 heavy (non-hydrogen) atoms. The van der Waals surface area contributed by atoms with Gasteiger partial charge in [0, 0.05) is 0 Å². The third-order valence-corrected chi connectivity index (χ3v) is 2.55. The normalized spacial score (nSPS) is 23.9. The largest absolute Gasteiger partial charge is 0.480 e. The summed E-state index contributed by atoms with van der Waals surface area (Å²) in [7, 11) is 0. The molecule has 5 heteroatoms. The lowest BCUT2D eigenvalue weighted by Gasteiger charge is -2.32. The van der Waals surface area contributed by atoms with Crippen molar-refractivity contribution in [1.82, 2.24) is 0 Å². The smallest absolute Gasteiger partial charge is 0.180 e. The summed E-state index contributed by atoms with van der Waals surface area (Å²) in [5, 5.41) is 18.5. The Morgan fingerprint density at radius 2 is 1.80 bits per heavy atom. The van der Waals surface area contributed by atoms with Crippen molar-refractivity contribution in [3.8, 4) is 11.5 Å². The first-order valence-electron chi connectivity index (χ1n) is 4.59. The Balaban J connectivity index is 2.33. The van der Waals surface area contributed by atoms with Crippen molar-refractivity contribution in [3.05, 3.63) is 23.2 Å².